The highest BCUT2D eigenvalue weighted by molar-refractivity contribution is 7.90. The maximum Gasteiger partial charge on any atom is 0.269 e. The molecular formula is C17H16FN3O2S. The molecular weight excluding hydrogens is 329 g/mol. The molecule has 0 atom stereocenters. The zero-order valence-corrected chi connectivity index (χ0v) is 13.8. The van der Waals surface area contributed by atoms with E-state index in [0.29, 0.717) is 17.8 Å². The van der Waals surface area contributed by atoms with Gasteiger partial charge in [-0.05, 0) is 60.6 Å². The van der Waals surface area contributed by atoms with Gasteiger partial charge in [0.05, 0.1) is 5.69 Å². The van der Waals surface area contributed by atoms with Crippen LogP contribution in [0.4, 0.5) is 4.39 Å². The lowest BCUT2D eigenvalue weighted by Crippen LogP contribution is -2.13. The molecule has 0 aliphatic heterocycles. The van der Waals surface area contributed by atoms with Crippen molar-refractivity contribution in [1.29, 1.82) is 0 Å². The smallest absolute Gasteiger partial charge is 0.269 e. The van der Waals surface area contributed by atoms with E-state index in [-0.39, 0.29) is 10.7 Å². The second-order valence-corrected chi connectivity index (χ2v) is 7.08. The van der Waals surface area contributed by atoms with Crippen LogP contribution in [0.15, 0.2) is 66.0 Å². The minimum absolute atomic E-state index is 0.0972. The molecule has 3 rings (SSSR count). The van der Waals surface area contributed by atoms with Gasteiger partial charge in [0.2, 0.25) is 0 Å². The summed E-state index contributed by atoms with van der Waals surface area (Å²) in [7, 11) is -2.01. The van der Waals surface area contributed by atoms with Crippen molar-refractivity contribution in [3.05, 3.63) is 72.4 Å². The lowest BCUT2D eigenvalue weighted by molar-refractivity contribution is 0.587. The van der Waals surface area contributed by atoms with Crippen LogP contribution < -0.4 is 5.32 Å². The molecule has 5 nitrogen and oxygen atoms in total. The van der Waals surface area contributed by atoms with Gasteiger partial charge >= 0.3 is 0 Å². The highest BCUT2D eigenvalue weighted by Gasteiger charge is 2.21. The fourth-order valence-corrected chi connectivity index (χ4v) is 3.80. The van der Waals surface area contributed by atoms with Crippen LogP contribution in [0, 0.1) is 5.82 Å². The van der Waals surface area contributed by atoms with Gasteiger partial charge in [-0.2, -0.15) is 0 Å². The van der Waals surface area contributed by atoms with Crippen LogP contribution in [0.1, 0.15) is 5.56 Å². The predicted molar refractivity (Wildman–Crippen MR) is 89.4 cm³/mol. The van der Waals surface area contributed by atoms with Gasteiger partial charge in [0, 0.05) is 25.1 Å². The quantitative estimate of drug-likeness (QED) is 0.772. The molecule has 24 heavy (non-hydrogen) atoms. The summed E-state index contributed by atoms with van der Waals surface area (Å²) in [5.41, 5.74) is 1.90. The van der Waals surface area contributed by atoms with Crippen LogP contribution in [-0.2, 0) is 16.6 Å². The van der Waals surface area contributed by atoms with Crippen molar-refractivity contribution in [2.75, 3.05) is 7.05 Å². The van der Waals surface area contributed by atoms with Crippen LogP contribution >= 0.6 is 0 Å². The Morgan fingerprint density at radius 3 is 2.58 bits per heavy atom. The summed E-state index contributed by atoms with van der Waals surface area (Å²) in [6.07, 6.45) is 4.39. The number of halogens is 1. The molecule has 0 saturated carbocycles. The van der Waals surface area contributed by atoms with E-state index in [9.17, 15) is 12.8 Å². The maximum absolute atomic E-state index is 13.2. The molecule has 2 heterocycles. The standard InChI is InChI=1S/C17H16FN3O2S/c1-19-10-13-9-17(14-4-6-15(18)7-5-14)21(12-13)24(22,23)16-3-2-8-20-11-16/h2-9,11-12,19H,10H2,1H3. The fraction of sp³-hybridized carbons (Fsp3) is 0.118. The highest BCUT2D eigenvalue weighted by Crippen LogP contribution is 2.27. The Balaban J connectivity index is 2.18. The summed E-state index contributed by atoms with van der Waals surface area (Å²) < 4.78 is 40.3. The van der Waals surface area contributed by atoms with E-state index < -0.39 is 10.0 Å². The Morgan fingerprint density at radius 2 is 1.96 bits per heavy atom. The number of aromatic nitrogens is 2. The van der Waals surface area contributed by atoms with Crippen molar-refractivity contribution in [2.45, 2.75) is 11.4 Å². The van der Waals surface area contributed by atoms with Crippen molar-refractivity contribution >= 4 is 10.0 Å². The summed E-state index contributed by atoms with van der Waals surface area (Å²) in [6.45, 7) is 0.518. The second-order valence-electron chi connectivity index (χ2n) is 5.26. The van der Waals surface area contributed by atoms with E-state index >= 15 is 0 Å². The summed E-state index contributed by atoms with van der Waals surface area (Å²) in [6, 6.07) is 10.6. The van der Waals surface area contributed by atoms with Gasteiger partial charge in [-0.3, -0.25) is 4.98 Å². The van der Waals surface area contributed by atoms with Crippen LogP contribution in [0.25, 0.3) is 11.3 Å². The maximum atomic E-state index is 13.2. The van der Waals surface area contributed by atoms with E-state index in [2.05, 4.69) is 10.3 Å². The van der Waals surface area contributed by atoms with Crippen LogP contribution in [0.5, 0.6) is 0 Å². The molecule has 0 amide bonds. The van der Waals surface area contributed by atoms with Gasteiger partial charge in [0.1, 0.15) is 10.7 Å². The van der Waals surface area contributed by atoms with Gasteiger partial charge in [0.15, 0.2) is 0 Å². The monoisotopic (exact) mass is 345 g/mol. The average Bonchev–Trinajstić information content (AvgIpc) is 3.01. The third kappa shape index (κ3) is 3.08. The van der Waals surface area contributed by atoms with E-state index in [1.165, 1.54) is 34.6 Å². The van der Waals surface area contributed by atoms with E-state index in [0.717, 1.165) is 5.56 Å². The summed E-state index contributed by atoms with van der Waals surface area (Å²) in [4.78, 5) is 3.98. The van der Waals surface area contributed by atoms with Gasteiger partial charge in [0.25, 0.3) is 10.0 Å². The molecule has 7 heteroatoms. The number of nitrogens with zero attached hydrogens (tertiary/aromatic N) is 2. The molecule has 0 aliphatic rings. The lowest BCUT2D eigenvalue weighted by atomic mass is 10.1. The molecule has 0 radical (unpaired) electrons. The minimum atomic E-state index is -3.79. The third-order valence-corrected chi connectivity index (χ3v) is 5.21. The van der Waals surface area contributed by atoms with Crippen molar-refractivity contribution in [3.8, 4) is 11.3 Å². The predicted octanol–water partition coefficient (Wildman–Crippen LogP) is 2.65. The second kappa shape index (κ2) is 6.54. The van der Waals surface area contributed by atoms with E-state index in [1.807, 2.05) is 0 Å². The topological polar surface area (TPSA) is 64.0 Å². The van der Waals surface area contributed by atoms with Crippen LogP contribution in [-0.4, -0.2) is 24.4 Å². The molecule has 124 valence electrons. The first kappa shape index (κ1) is 16.4. The normalized spacial score (nSPS) is 11.6. The Morgan fingerprint density at radius 1 is 1.21 bits per heavy atom. The lowest BCUT2D eigenvalue weighted by Gasteiger charge is -2.10. The van der Waals surface area contributed by atoms with Gasteiger partial charge < -0.3 is 5.32 Å². The molecule has 0 spiro atoms. The number of benzene rings is 1. The number of hydrogen-bond acceptors (Lipinski definition) is 4. The molecule has 1 aromatic carbocycles. The Hall–Kier alpha value is -2.51. The average molecular weight is 345 g/mol. The van der Waals surface area contributed by atoms with E-state index in [4.69, 9.17) is 0 Å². The minimum Gasteiger partial charge on any atom is -0.316 e. The third-order valence-electron chi connectivity index (χ3n) is 3.55. The summed E-state index contributed by atoms with van der Waals surface area (Å²) in [5.74, 6) is -0.373. The van der Waals surface area contributed by atoms with Crippen molar-refractivity contribution < 1.29 is 12.8 Å². The molecule has 0 fully saturated rings. The fourth-order valence-electron chi connectivity index (χ4n) is 2.44. The number of rotatable bonds is 5. The Labute approximate surface area is 139 Å². The van der Waals surface area contributed by atoms with Crippen molar-refractivity contribution in [3.63, 3.8) is 0 Å². The molecule has 0 aliphatic carbocycles. The first-order valence-corrected chi connectivity index (χ1v) is 8.74. The van der Waals surface area contributed by atoms with Gasteiger partial charge in [-0.15, -0.1) is 0 Å². The highest BCUT2D eigenvalue weighted by atomic mass is 32.2. The Kier molecular flexibility index (Phi) is 4.46. The number of nitrogens with one attached hydrogen (secondary N) is 1. The van der Waals surface area contributed by atoms with Gasteiger partial charge in [-0.25, -0.2) is 16.8 Å². The first-order chi connectivity index (χ1) is 11.5. The number of hydrogen-bond donors (Lipinski definition) is 1. The van der Waals surface area contributed by atoms with Crippen LogP contribution in [0.2, 0.25) is 0 Å². The molecule has 1 N–H and O–H groups in total. The SMILES string of the molecule is CNCc1cc(-c2ccc(F)cc2)n(S(=O)(=O)c2cccnc2)c1. The zero-order valence-electron chi connectivity index (χ0n) is 13.0. The summed E-state index contributed by atoms with van der Waals surface area (Å²) >= 11 is 0. The van der Waals surface area contributed by atoms with Crippen molar-refractivity contribution in [2.24, 2.45) is 0 Å². The molecule has 0 unspecified atom stereocenters. The summed E-state index contributed by atoms with van der Waals surface area (Å²) in [5, 5.41) is 3.00. The molecule has 2 aromatic heterocycles. The zero-order chi connectivity index (χ0) is 17.2. The Bertz CT molecular complexity index is 936. The van der Waals surface area contributed by atoms with Crippen molar-refractivity contribution in [1.82, 2.24) is 14.3 Å². The van der Waals surface area contributed by atoms with Gasteiger partial charge in [-0.1, -0.05) is 0 Å². The largest absolute Gasteiger partial charge is 0.316 e. The van der Waals surface area contributed by atoms with Crippen LogP contribution in [0.3, 0.4) is 0 Å². The molecule has 0 bridgehead atoms. The van der Waals surface area contributed by atoms with E-state index in [1.54, 1.807) is 37.5 Å². The number of pyridine rings is 1. The molecule has 0 saturated heterocycles. The first-order valence-electron chi connectivity index (χ1n) is 7.30. The molecule has 3 aromatic rings.